The van der Waals surface area contributed by atoms with E-state index in [9.17, 15) is 0 Å². The number of halogens is 1. The summed E-state index contributed by atoms with van der Waals surface area (Å²) in [4.78, 5) is 0. The van der Waals surface area contributed by atoms with E-state index in [1.807, 2.05) is 42.5 Å². The number of aliphatic hydroxyl groups is 1. The number of fused-ring (bicyclic) bond motifs is 1. The fourth-order valence-corrected chi connectivity index (χ4v) is 2.36. The molecule has 0 aromatic heterocycles. The molecule has 0 aliphatic carbocycles. The van der Waals surface area contributed by atoms with Crippen LogP contribution >= 0.6 is 11.6 Å². The van der Waals surface area contributed by atoms with Gasteiger partial charge in [-0.15, -0.1) is 0 Å². The number of hydrogen-bond donors (Lipinski definition) is 1. The zero-order valence-corrected chi connectivity index (χ0v) is 11.5. The number of hydrogen-bond acceptors (Lipinski definition) is 2. The summed E-state index contributed by atoms with van der Waals surface area (Å²) in [5.74, 6) is 1.44. The summed E-state index contributed by atoms with van der Waals surface area (Å²) >= 11 is 6.07. The maximum Gasteiger partial charge on any atom is 0.135 e. The normalized spacial score (nSPS) is 10.7. The molecular weight excluding hydrogens is 272 g/mol. The molecule has 0 bridgehead atoms. The lowest BCUT2D eigenvalue weighted by molar-refractivity contribution is 0.282. The van der Waals surface area contributed by atoms with Crippen molar-refractivity contribution in [3.05, 3.63) is 71.2 Å². The summed E-state index contributed by atoms with van der Waals surface area (Å²) in [5.41, 5.74) is 0.692. The molecule has 0 atom stereocenters. The van der Waals surface area contributed by atoms with Crippen LogP contribution in [0.5, 0.6) is 11.5 Å². The van der Waals surface area contributed by atoms with Gasteiger partial charge < -0.3 is 9.84 Å². The Hall–Kier alpha value is -2.03. The van der Waals surface area contributed by atoms with Crippen LogP contribution in [-0.2, 0) is 6.61 Å². The van der Waals surface area contributed by atoms with Gasteiger partial charge in [-0.1, -0.05) is 54.1 Å². The van der Waals surface area contributed by atoms with Crippen molar-refractivity contribution in [3.8, 4) is 11.5 Å². The lowest BCUT2D eigenvalue weighted by atomic mass is 10.1. The minimum Gasteiger partial charge on any atom is -0.457 e. The van der Waals surface area contributed by atoms with Gasteiger partial charge in [-0.2, -0.15) is 0 Å². The highest BCUT2D eigenvalue weighted by Gasteiger charge is 2.05. The zero-order valence-electron chi connectivity index (χ0n) is 10.7. The third-order valence-electron chi connectivity index (χ3n) is 3.17. The molecular formula is C17H13ClO2. The van der Waals surface area contributed by atoms with E-state index in [0.29, 0.717) is 16.3 Å². The van der Waals surface area contributed by atoms with Gasteiger partial charge in [-0.05, 0) is 29.1 Å². The Labute approximate surface area is 122 Å². The third kappa shape index (κ3) is 2.48. The second kappa shape index (κ2) is 5.53. The molecule has 3 aromatic rings. The van der Waals surface area contributed by atoms with Crippen molar-refractivity contribution in [1.82, 2.24) is 0 Å². The van der Waals surface area contributed by atoms with Gasteiger partial charge in [0, 0.05) is 10.4 Å². The van der Waals surface area contributed by atoms with Crippen LogP contribution in [0.25, 0.3) is 10.8 Å². The van der Waals surface area contributed by atoms with E-state index >= 15 is 0 Å². The molecule has 1 N–H and O–H groups in total. The van der Waals surface area contributed by atoms with Gasteiger partial charge in [0.1, 0.15) is 11.5 Å². The van der Waals surface area contributed by atoms with E-state index in [1.54, 1.807) is 18.2 Å². The molecule has 0 unspecified atom stereocenters. The molecule has 0 saturated heterocycles. The quantitative estimate of drug-likeness (QED) is 0.750. The molecule has 0 aliphatic rings. The Bertz CT molecular complexity index is 748. The first-order valence-electron chi connectivity index (χ1n) is 6.33. The van der Waals surface area contributed by atoms with Gasteiger partial charge in [-0.25, -0.2) is 0 Å². The number of benzene rings is 3. The third-order valence-corrected chi connectivity index (χ3v) is 3.52. The van der Waals surface area contributed by atoms with Crippen molar-refractivity contribution < 1.29 is 9.84 Å². The van der Waals surface area contributed by atoms with Crippen molar-refractivity contribution in [3.63, 3.8) is 0 Å². The second-order valence-electron chi connectivity index (χ2n) is 4.49. The zero-order chi connectivity index (χ0) is 13.9. The van der Waals surface area contributed by atoms with Crippen LogP contribution in [0.2, 0.25) is 5.02 Å². The van der Waals surface area contributed by atoms with Gasteiger partial charge >= 0.3 is 0 Å². The van der Waals surface area contributed by atoms with E-state index in [4.69, 9.17) is 21.4 Å². The van der Waals surface area contributed by atoms with E-state index < -0.39 is 0 Å². The monoisotopic (exact) mass is 284 g/mol. The van der Waals surface area contributed by atoms with Crippen LogP contribution < -0.4 is 4.74 Å². The summed E-state index contributed by atoms with van der Waals surface area (Å²) in [6.07, 6.45) is 0. The Balaban J connectivity index is 1.99. The van der Waals surface area contributed by atoms with Gasteiger partial charge in [0.25, 0.3) is 0 Å². The first-order chi connectivity index (χ1) is 9.78. The lowest BCUT2D eigenvalue weighted by Crippen LogP contribution is -1.89. The molecule has 3 rings (SSSR count). The minimum absolute atomic E-state index is 0.0760. The van der Waals surface area contributed by atoms with Crippen molar-refractivity contribution in [1.29, 1.82) is 0 Å². The molecule has 3 aromatic carbocycles. The number of ether oxygens (including phenoxy) is 1. The maximum absolute atomic E-state index is 9.12. The average Bonchev–Trinajstić information content (AvgIpc) is 2.48. The molecule has 3 heteroatoms. The van der Waals surface area contributed by atoms with E-state index in [2.05, 4.69) is 0 Å². The van der Waals surface area contributed by atoms with E-state index in [-0.39, 0.29) is 6.61 Å². The van der Waals surface area contributed by atoms with E-state index in [0.717, 1.165) is 16.5 Å². The highest BCUT2D eigenvalue weighted by atomic mass is 35.5. The summed E-state index contributed by atoms with van der Waals surface area (Å²) in [6.45, 7) is -0.0760. The Morgan fingerprint density at radius 2 is 1.75 bits per heavy atom. The second-order valence-corrected chi connectivity index (χ2v) is 4.90. The SMILES string of the molecule is OCc1ccc(Oc2cccc3ccccc23)cc1Cl. The molecule has 0 heterocycles. The molecule has 100 valence electrons. The maximum atomic E-state index is 9.12. The lowest BCUT2D eigenvalue weighted by Gasteiger charge is -2.10. The van der Waals surface area contributed by atoms with E-state index in [1.165, 1.54) is 0 Å². The van der Waals surface area contributed by atoms with Crippen LogP contribution in [0.3, 0.4) is 0 Å². The highest BCUT2D eigenvalue weighted by Crippen LogP contribution is 2.31. The topological polar surface area (TPSA) is 29.5 Å². The summed E-state index contributed by atoms with van der Waals surface area (Å²) in [7, 11) is 0. The molecule has 0 spiro atoms. The van der Waals surface area contributed by atoms with Crippen molar-refractivity contribution >= 4 is 22.4 Å². The molecule has 2 nitrogen and oxygen atoms in total. The minimum atomic E-state index is -0.0760. The van der Waals surface area contributed by atoms with Gasteiger partial charge in [0.15, 0.2) is 0 Å². The fraction of sp³-hybridized carbons (Fsp3) is 0.0588. The molecule has 20 heavy (non-hydrogen) atoms. The Kier molecular flexibility index (Phi) is 3.59. The first kappa shape index (κ1) is 13.0. The van der Waals surface area contributed by atoms with Crippen LogP contribution in [0.1, 0.15) is 5.56 Å². The summed E-state index contributed by atoms with van der Waals surface area (Å²) in [5, 5.41) is 11.8. The van der Waals surface area contributed by atoms with Gasteiger partial charge in [0.05, 0.1) is 6.61 Å². The van der Waals surface area contributed by atoms with Gasteiger partial charge in [0.2, 0.25) is 0 Å². The van der Waals surface area contributed by atoms with Crippen LogP contribution in [0, 0.1) is 0 Å². The highest BCUT2D eigenvalue weighted by molar-refractivity contribution is 6.31. The molecule has 0 aliphatic heterocycles. The smallest absolute Gasteiger partial charge is 0.135 e. The average molecular weight is 285 g/mol. The number of aliphatic hydroxyl groups excluding tert-OH is 1. The predicted molar refractivity (Wildman–Crippen MR) is 81.4 cm³/mol. The first-order valence-corrected chi connectivity index (χ1v) is 6.70. The van der Waals surface area contributed by atoms with Crippen LogP contribution in [0.4, 0.5) is 0 Å². The molecule has 0 radical (unpaired) electrons. The van der Waals surface area contributed by atoms with Crippen molar-refractivity contribution in [2.24, 2.45) is 0 Å². The van der Waals surface area contributed by atoms with Crippen molar-refractivity contribution in [2.75, 3.05) is 0 Å². The molecule has 0 fully saturated rings. The summed E-state index contributed by atoms with van der Waals surface area (Å²) in [6, 6.07) is 19.3. The Morgan fingerprint density at radius 1 is 0.950 bits per heavy atom. The van der Waals surface area contributed by atoms with Crippen LogP contribution in [-0.4, -0.2) is 5.11 Å². The Morgan fingerprint density at radius 3 is 2.55 bits per heavy atom. The molecule has 0 saturated carbocycles. The van der Waals surface area contributed by atoms with Gasteiger partial charge in [-0.3, -0.25) is 0 Å². The summed E-state index contributed by atoms with van der Waals surface area (Å²) < 4.78 is 5.91. The predicted octanol–water partition coefficient (Wildman–Crippen LogP) is 4.78. The number of rotatable bonds is 3. The fourth-order valence-electron chi connectivity index (χ4n) is 2.13. The van der Waals surface area contributed by atoms with Crippen molar-refractivity contribution in [2.45, 2.75) is 6.61 Å². The largest absolute Gasteiger partial charge is 0.457 e. The van der Waals surface area contributed by atoms with Crippen LogP contribution in [0.15, 0.2) is 60.7 Å². The standard InChI is InChI=1S/C17H13ClO2/c18-16-10-14(9-8-13(16)11-19)20-17-7-3-5-12-4-1-2-6-15(12)17/h1-10,19H,11H2. The molecule has 0 amide bonds.